The van der Waals surface area contributed by atoms with Crippen molar-refractivity contribution >= 4 is 39.1 Å². The minimum absolute atomic E-state index is 0.0817. The van der Waals surface area contributed by atoms with Crippen LogP contribution in [0.1, 0.15) is 37.0 Å². The molecule has 1 N–H and O–H groups in total. The number of hydrogen-bond donors (Lipinski definition) is 1. The van der Waals surface area contributed by atoms with Gasteiger partial charge >= 0.3 is 6.18 Å². The third-order valence-corrected chi connectivity index (χ3v) is 8.07. The monoisotopic (exact) mass is 623 g/mol. The Balaban J connectivity index is 2.08. The van der Waals surface area contributed by atoms with Gasteiger partial charge in [0, 0.05) is 24.0 Å². The summed E-state index contributed by atoms with van der Waals surface area (Å²) in [5, 5.41) is 3.37. The molecule has 7 nitrogen and oxygen atoms in total. The molecule has 2 amide bonds. The Labute approximate surface area is 249 Å². The van der Waals surface area contributed by atoms with E-state index in [1.54, 1.807) is 48.5 Å². The molecule has 226 valence electrons. The molecule has 0 aliphatic carbocycles. The summed E-state index contributed by atoms with van der Waals surface area (Å²) in [5.41, 5.74) is -0.00882. The fraction of sp³-hybridized carbons (Fsp3) is 0.333. The number of sulfonamides is 1. The van der Waals surface area contributed by atoms with Crippen molar-refractivity contribution in [2.45, 2.75) is 51.5 Å². The summed E-state index contributed by atoms with van der Waals surface area (Å²) in [5.74, 6) is -1.21. The Hall–Kier alpha value is -3.57. The number of benzene rings is 3. The summed E-state index contributed by atoms with van der Waals surface area (Å²) in [6, 6.07) is 18.1. The molecule has 3 aromatic rings. The molecule has 0 saturated heterocycles. The van der Waals surface area contributed by atoms with Crippen LogP contribution in [-0.4, -0.2) is 50.0 Å². The lowest BCUT2D eigenvalue weighted by Crippen LogP contribution is -2.54. The predicted octanol–water partition coefficient (Wildman–Crippen LogP) is 5.68. The second-order valence-electron chi connectivity index (χ2n) is 9.99. The van der Waals surface area contributed by atoms with Gasteiger partial charge in [0.25, 0.3) is 0 Å². The van der Waals surface area contributed by atoms with E-state index in [0.717, 1.165) is 24.0 Å². The lowest BCUT2D eigenvalue weighted by molar-refractivity contribution is -0.140. The topological polar surface area (TPSA) is 86.8 Å². The molecule has 0 spiro atoms. The van der Waals surface area contributed by atoms with E-state index in [1.807, 2.05) is 19.9 Å². The normalized spacial score (nSPS) is 13.2. The van der Waals surface area contributed by atoms with Gasteiger partial charge in [-0.25, -0.2) is 8.42 Å². The van der Waals surface area contributed by atoms with Gasteiger partial charge in [0.05, 0.1) is 17.5 Å². The Morgan fingerprint density at radius 1 is 0.952 bits per heavy atom. The number of amides is 2. The number of nitrogens with zero attached hydrogens (tertiary/aromatic N) is 2. The van der Waals surface area contributed by atoms with Crippen molar-refractivity contribution in [2.24, 2.45) is 0 Å². The molecule has 0 aliphatic rings. The van der Waals surface area contributed by atoms with Crippen LogP contribution in [0.15, 0.2) is 78.9 Å². The fourth-order valence-electron chi connectivity index (χ4n) is 4.23. The van der Waals surface area contributed by atoms with Crippen LogP contribution in [0.4, 0.5) is 18.9 Å². The second kappa shape index (κ2) is 14.1. The van der Waals surface area contributed by atoms with E-state index in [9.17, 15) is 31.2 Å². The van der Waals surface area contributed by atoms with Crippen molar-refractivity contribution in [1.82, 2.24) is 10.2 Å². The van der Waals surface area contributed by atoms with E-state index in [4.69, 9.17) is 11.6 Å². The van der Waals surface area contributed by atoms with Gasteiger partial charge in [-0.15, -0.1) is 0 Å². The van der Waals surface area contributed by atoms with Crippen molar-refractivity contribution in [3.05, 3.63) is 101 Å². The number of hydrogen-bond acceptors (Lipinski definition) is 4. The standard InChI is InChI=1S/C30H33ClF3N3O4S/c1-4-21(2)35-29(39)27(17-22-9-6-5-7-10-22)36(19-23-13-15-25(31)16-14-23)28(38)20-37(42(3,40)41)26-12-8-11-24(18-26)30(32,33)34/h5-16,18,21,27H,4,17,19-20H2,1-3H3,(H,35,39)/t21-,27+/m0/s1. The lowest BCUT2D eigenvalue weighted by Gasteiger charge is -2.34. The van der Waals surface area contributed by atoms with Crippen LogP contribution in [0, 0.1) is 0 Å². The second-order valence-corrected chi connectivity index (χ2v) is 12.3. The number of alkyl halides is 3. The molecule has 0 aromatic heterocycles. The van der Waals surface area contributed by atoms with Gasteiger partial charge in [0.2, 0.25) is 21.8 Å². The summed E-state index contributed by atoms with van der Waals surface area (Å²) >= 11 is 6.04. The maximum atomic E-state index is 14.0. The van der Waals surface area contributed by atoms with Crippen molar-refractivity contribution in [1.29, 1.82) is 0 Å². The number of halogens is 4. The molecule has 0 aliphatic heterocycles. The van der Waals surface area contributed by atoms with Crippen molar-refractivity contribution in [2.75, 3.05) is 17.1 Å². The van der Waals surface area contributed by atoms with Gasteiger partial charge in [-0.05, 0) is 54.8 Å². The Morgan fingerprint density at radius 3 is 2.17 bits per heavy atom. The highest BCUT2D eigenvalue weighted by Gasteiger charge is 2.35. The summed E-state index contributed by atoms with van der Waals surface area (Å²) in [4.78, 5) is 28.9. The van der Waals surface area contributed by atoms with E-state index in [0.29, 0.717) is 27.4 Å². The zero-order valence-corrected chi connectivity index (χ0v) is 25.0. The molecule has 0 saturated carbocycles. The summed E-state index contributed by atoms with van der Waals surface area (Å²) in [6.07, 6.45) is -3.17. The smallest absolute Gasteiger partial charge is 0.352 e. The van der Waals surface area contributed by atoms with Crippen LogP contribution in [0.5, 0.6) is 0 Å². The van der Waals surface area contributed by atoms with Crippen molar-refractivity contribution in [3.63, 3.8) is 0 Å². The molecule has 0 heterocycles. The maximum absolute atomic E-state index is 14.0. The minimum Gasteiger partial charge on any atom is -0.352 e. The molecule has 42 heavy (non-hydrogen) atoms. The van der Waals surface area contributed by atoms with Crippen molar-refractivity contribution in [3.8, 4) is 0 Å². The molecule has 2 atom stereocenters. The first kappa shape index (κ1) is 32.9. The van der Waals surface area contributed by atoms with E-state index in [1.165, 1.54) is 11.0 Å². The van der Waals surface area contributed by atoms with Crippen LogP contribution in [0.2, 0.25) is 5.02 Å². The van der Waals surface area contributed by atoms with E-state index in [2.05, 4.69) is 5.32 Å². The summed E-state index contributed by atoms with van der Waals surface area (Å²) < 4.78 is 66.5. The maximum Gasteiger partial charge on any atom is 0.416 e. The van der Waals surface area contributed by atoms with Crippen LogP contribution in [0.3, 0.4) is 0 Å². The van der Waals surface area contributed by atoms with Gasteiger partial charge in [-0.3, -0.25) is 13.9 Å². The van der Waals surface area contributed by atoms with E-state index >= 15 is 0 Å². The third kappa shape index (κ3) is 9.22. The summed E-state index contributed by atoms with van der Waals surface area (Å²) in [6.45, 7) is 2.81. The third-order valence-electron chi connectivity index (χ3n) is 6.68. The number of nitrogens with one attached hydrogen (secondary N) is 1. The van der Waals surface area contributed by atoms with Gasteiger partial charge < -0.3 is 10.2 Å². The van der Waals surface area contributed by atoms with Crippen LogP contribution < -0.4 is 9.62 Å². The Kier molecular flexibility index (Phi) is 11.0. The quantitative estimate of drug-likeness (QED) is 0.281. The summed E-state index contributed by atoms with van der Waals surface area (Å²) in [7, 11) is -4.21. The number of rotatable bonds is 12. The molecule has 3 rings (SSSR count). The van der Waals surface area contributed by atoms with Gasteiger partial charge in [0.15, 0.2) is 0 Å². The molecule has 0 bridgehead atoms. The zero-order valence-electron chi connectivity index (χ0n) is 23.4. The van der Waals surface area contributed by atoms with Gasteiger partial charge in [-0.1, -0.05) is 67.1 Å². The first-order valence-corrected chi connectivity index (χ1v) is 15.4. The molecular weight excluding hydrogens is 591 g/mol. The largest absolute Gasteiger partial charge is 0.416 e. The van der Waals surface area contributed by atoms with E-state index < -0.39 is 46.2 Å². The average Bonchev–Trinajstić information content (AvgIpc) is 2.93. The highest BCUT2D eigenvalue weighted by Crippen LogP contribution is 2.32. The molecule has 3 aromatic carbocycles. The molecule has 0 radical (unpaired) electrons. The Bertz CT molecular complexity index is 1470. The SMILES string of the molecule is CC[C@H](C)NC(=O)[C@@H](Cc1ccccc1)N(Cc1ccc(Cl)cc1)C(=O)CN(c1cccc(C(F)(F)F)c1)S(C)(=O)=O. The van der Waals surface area contributed by atoms with Crippen LogP contribution in [0.25, 0.3) is 0 Å². The van der Waals surface area contributed by atoms with Crippen LogP contribution in [-0.2, 0) is 38.8 Å². The van der Waals surface area contributed by atoms with Gasteiger partial charge in [-0.2, -0.15) is 13.2 Å². The number of carbonyl (C=O) groups excluding carboxylic acids is 2. The molecular formula is C30H33ClF3N3O4S. The first-order chi connectivity index (χ1) is 19.7. The fourth-order valence-corrected chi connectivity index (χ4v) is 5.20. The molecule has 0 fully saturated rings. The Morgan fingerprint density at radius 2 is 1.60 bits per heavy atom. The highest BCUT2D eigenvalue weighted by atomic mass is 35.5. The lowest BCUT2D eigenvalue weighted by atomic mass is 10.0. The van der Waals surface area contributed by atoms with Crippen LogP contribution >= 0.6 is 11.6 Å². The average molecular weight is 624 g/mol. The zero-order chi connectivity index (χ0) is 31.1. The van der Waals surface area contributed by atoms with Gasteiger partial charge in [0.1, 0.15) is 12.6 Å². The molecule has 12 heteroatoms. The predicted molar refractivity (Wildman–Crippen MR) is 157 cm³/mol. The highest BCUT2D eigenvalue weighted by molar-refractivity contribution is 7.92. The minimum atomic E-state index is -4.72. The molecule has 0 unspecified atom stereocenters. The van der Waals surface area contributed by atoms with E-state index in [-0.39, 0.29) is 24.7 Å². The van der Waals surface area contributed by atoms with Crippen molar-refractivity contribution < 1.29 is 31.2 Å². The number of anilines is 1. The number of carbonyl (C=O) groups is 2. The first-order valence-electron chi connectivity index (χ1n) is 13.2.